The molecule has 0 amide bonds. The zero-order valence-corrected chi connectivity index (χ0v) is 11.7. The summed E-state index contributed by atoms with van der Waals surface area (Å²) in [6, 6.07) is 12.1. The molecule has 0 aliphatic heterocycles. The number of halogens is 2. The van der Waals surface area contributed by atoms with Crippen LogP contribution in [-0.2, 0) is 0 Å². The molecule has 2 aromatic rings. The van der Waals surface area contributed by atoms with Crippen LogP contribution in [0.15, 0.2) is 47.1 Å². The first kappa shape index (κ1) is 12.4. The molecule has 1 atom stereocenters. The molecule has 4 heteroatoms. The fraction of sp³-hybridized carbons (Fsp3) is 0.154. The summed E-state index contributed by atoms with van der Waals surface area (Å²) in [7, 11) is 0. The predicted octanol–water partition coefficient (Wildman–Crippen LogP) is 4.67. The molecule has 2 nitrogen and oxygen atoms in total. The number of hydrogen-bond acceptors (Lipinski definition) is 2. The minimum atomic E-state index is 0.175. The minimum absolute atomic E-state index is 0.175. The van der Waals surface area contributed by atoms with Gasteiger partial charge in [0, 0.05) is 16.7 Å². The molecule has 1 aromatic carbocycles. The lowest BCUT2D eigenvalue weighted by atomic mass is 10.1. The second-order valence-corrected chi connectivity index (χ2v) is 5.04. The summed E-state index contributed by atoms with van der Waals surface area (Å²) in [4.78, 5) is 4.04. The Balaban J connectivity index is 2.17. The molecule has 0 saturated carbocycles. The third kappa shape index (κ3) is 3.20. The van der Waals surface area contributed by atoms with E-state index in [0.717, 1.165) is 10.2 Å². The highest BCUT2D eigenvalue weighted by molar-refractivity contribution is 9.10. The van der Waals surface area contributed by atoms with Gasteiger partial charge in [0.05, 0.1) is 5.69 Å². The standard InChI is InChI=1S/C13H12BrClN2/c1-9(10-4-2-5-11(14)8-10)17-12-6-3-7-16-13(12)15/h2-9,17H,1H3. The van der Waals surface area contributed by atoms with Gasteiger partial charge in [-0.05, 0) is 36.8 Å². The van der Waals surface area contributed by atoms with E-state index in [-0.39, 0.29) is 6.04 Å². The van der Waals surface area contributed by atoms with E-state index in [2.05, 4.69) is 45.3 Å². The van der Waals surface area contributed by atoms with Gasteiger partial charge in [-0.25, -0.2) is 4.98 Å². The molecule has 1 heterocycles. The number of benzene rings is 1. The van der Waals surface area contributed by atoms with Gasteiger partial charge >= 0.3 is 0 Å². The summed E-state index contributed by atoms with van der Waals surface area (Å²) in [5, 5.41) is 3.83. The van der Waals surface area contributed by atoms with E-state index < -0.39 is 0 Å². The molecule has 88 valence electrons. The van der Waals surface area contributed by atoms with E-state index in [1.807, 2.05) is 24.3 Å². The molecule has 0 aliphatic carbocycles. The Hall–Kier alpha value is -1.06. The van der Waals surface area contributed by atoms with Gasteiger partial charge in [0.1, 0.15) is 0 Å². The molecule has 1 unspecified atom stereocenters. The molecule has 2 rings (SSSR count). The summed E-state index contributed by atoms with van der Waals surface area (Å²) in [5.41, 5.74) is 2.04. The normalized spacial score (nSPS) is 12.2. The first-order valence-corrected chi connectivity index (χ1v) is 6.46. The Morgan fingerprint density at radius 1 is 1.29 bits per heavy atom. The topological polar surface area (TPSA) is 24.9 Å². The third-order valence-corrected chi connectivity index (χ3v) is 3.27. The number of rotatable bonds is 3. The number of pyridine rings is 1. The van der Waals surface area contributed by atoms with Gasteiger partial charge in [0.25, 0.3) is 0 Å². The molecule has 0 bridgehead atoms. The summed E-state index contributed by atoms with van der Waals surface area (Å²) in [6.45, 7) is 2.09. The van der Waals surface area contributed by atoms with Crippen molar-refractivity contribution < 1.29 is 0 Å². The van der Waals surface area contributed by atoms with Crippen LogP contribution in [0.4, 0.5) is 5.69 Å². The lowest BCUT2D eigenvalue weighted by molar-refractivity contribution is 0.882. The maximum atomic E-state index is 6.00. The number of nitrogens with one attached hydrogen (secondary N) is 1. The molecular formula is C13H12BrClN2. The highest BCUT2D eigenvalue weighted by Crippen LogP contribution is 2.25. The maximum Gasteiger partial charge on any atom is 0.152 e. The molecule has 0 aliphatic rings. The van der Waals surface area contributed by atoms with Crippen molar-refractivity contribution in [2.75, 3.05) is 5.32 Å². The van der Waals surface area contributed by atoms with Crippen molar-refractivity contribution in [2.45, 2.75) is 13.0 Å². The highest BCUT2D eigenvalue weighted by atomic mass is 79.9. The zero-order valence-electron chi connectivity index (χ0n) is 9.32. The van der Waals surface area contributed by atoms with Crippen molar-refractivity contribution in [1.82, 2.24) is 4.98 Å². The molecular weight excluding hydrogens is 300 g/mol. The quantitative estimate of drug-likeness (QED) is 0.833. The van der Waals surface area contributed by atoms with Crippen LogP contribution in [0.5, 0.6) is 0 Å². The Bertz CT molecular complexity index is 516. The Labute approximate surface area is 114 Å². The van der Waals surface area contributed by atoms with Gasteiger partial charge in [-0.2, -0.15) is 0 Å². The van der Waals surface area contributed by atoms with Crippen molar-refractivity contribution >= 4 is 33.2 Å². The first-order chi connectivity index (χ1) is 8.16. The molecule has 0 spiro atoms. The number of anilines is 1. The van der Waals surface area contributed by atoms with Crippen molar-refractivity contribution in [3.05, 3.63) is 57.8 Å². The van der Waals surface area contributed by atoms with E-state index in [9.17, 15) is 0 Å². The van der Waals surface area contributed by atoms with Crippen LogP contribution in [0.3, 0.4) is 0 Å². The van der Waals surface area contributed by atoms with Gasteiger partial charge in [-0.15, -0.1) is 0 Å². The second kappa shape index (κ2) is 5.52. The van der Waals surface area contributed by atoms with Crippen LogP contribution >= 0.6 is 27.5 Å². The van der Waals surface area contributed by atoms with Crippen LogP contribution in [0, 0.1) is 0 Å². The van der Waals surface area contributed by atoms with E-state index in [1.54, 1.807) is 6.20 Å². The molecule has 0 fully saturated rings. The second-order valence-electron chi connectivity index (χ2n) is 3.76. The average Bonchev–Trinajstić information content (AvgIpc) is 2.32. The third-order valence-electron chi connectivity index (χ3n) is 2.48. The molecule has 17 heavy (non-hydrogen) atoms. The summed E-state index contributed by atoms with van der Waals surface area (Å²) in [6.07, 6.45) is 1.68. The monoisotopic (exact) mass is 310 g/mol. The molecule has 0 saturated heterocycles. The van der Waals surface area contributed by atoms with Gasteiger partial charge < -0.3 is 5.32 Å². The molecule has 1 aromatic heterocycles. The average molecular weight is 312 g/mol. The van der Waals surface area contributed by atoms with Crippen LogP contribution < -0.4 is 5.32 Å². The fourth-order valence-electron chi connectivity index (χ4n) is 1.59. The highest BCUT2D eigenvalue weighted by Gasteiger charge is 2.07. The van der Waals surface area contributed by atoms with E-state index in [1.165, 1.54) is 5.56 Å². The summed E-state index contributed by atoms with van der Waals surface area (Å²) < 4.78 is 1.07. The van der Waals surface area contributed by atoms with Crippen LogP contribution in [0.2, 0.25) is 5.15 Å². The number of hydrogen-bond donors (Lipinski definition) is 1. The first-order valence-electron chi connectivity index (χ1n) is 5.29. The van der Waals surface area contributed by atoms with Gasteiger partial charge in [0.2, 0.25) is 0 Å². The summed E-state index contributed by atoms with van der Waals surface area (Å²) in [5.74, 6) is 0. The number of nitrogens with zero attached hydrogens (tertiary/aromatic N) is 1. The molecule has 0 radical (unpaired) electrons. The van der Waals surface area contributed by atoms with Gasteiger partial charge in [-0.1, -0.05) is 39.7 Å². The van der Waals surface area contributed by atoms with Gasteiger partial charge in [-0.3, -0.25) is 0 Å². The lowest BCUT2D eigenvalue weighted by Gasteiger charge is -2.16. The van der Waals surface area contributed by atoms with Crippen molar-refractivity contribution in [3.8, 4) is 0 Å². The van der Waals surface area contributed by atoms with Crippen LogP contribution in [-0.4, -0.2) is 4.98 Å². The zero-order chi connectivity index (χ0) is 12.3. The lowest BCUT2D eigenvalue weighted by Crippen LogP contribution is -2.07. The molecule has 1 N–H and O–H groups in total. The fourth-order valence-corrected chi connectivity index (χ4v) is 2.18. The smallest absolute Gasteiger partial charge is 0.152 e. The predicted molar refractivity (Wildman–Crippen MR) is 75.4 cm³/mol. The van der Waals surface area contributed by atoms with E-state index in [0.29, 0.717) is 5.15 Å². The Morgan fingerprint density at radius 2 is 2.12 bits per heavy atom. The van der Waals surface area contributed by atoms with E-state index >= 15 is 0 Å². The largest absolute Gasteiger partial charge is 0.376 e. The van der Waals surface area contributed by atoms with Gasteiger partial charge in [0.15, 0.2) is 5.15 Å². The van der Waals surface area contributed by atoms with Crippen molar-refractivity contribution in [3.63, 3.8) is 0 Å². The Morgan fingerprint density at radius 3 is 2.82 bits per heavy atom. The SMILES string of the molecule is CC(Nc1cccnc1Cl)c1cccc(Br)c1. The maximum absolute atomic E-state index is 6.00. The van der Waals surface area contributed by atoms with Crippen molar-refractivity contribution in [1.29, 1.82) is 0 Å². The van der Waals surface area contributed by atoms with Crippen molar-refractivity contribution in [2.24, 2.45) is 0 Å². The Kier molecular flexibility index (Phi) is 4.02. The summed E-state index contributed by atoms with van der Waals surface area (Å²) >= 11 is 9.47. The van der Waals surface area contributed by atoms with Crippen LogP contribution in [0.1, 0.15) is 18.5 Å². The van der Waals surface area contributed by atoms with Crippen LogP contribution in [0.25, 0.3) is 0 Å². The minimum Gasteiger partial charge on any atom is -0.376 e. The van der Waals surface area contributed by atoms with E-state index in [4.69, 9.17) is 11.6 Å². The number of aromatic nitrogens is 1.